The first-order valence-electron chi connectivity index (χ1n) is 4.49. The van der Waals surface area contributed by atoms with Crippen LogP contribution in [0.3, 0.4) is 0 Å². The zero-order chi connectivity index (χ0) is 9.30. The van der Waals surface area contributed by atoms with Crippen LogP contribution in [0.15, 0.2) is 0 Å². The molecule has 0 aromatic carbocycles. The van der Waals surface area contributed by atoms with E-state index in [9.17, 15) is 4.79 Å². The molecule has 0 saturated carbocycles. The van der Waals surface area contributed by atoms with Gasteiger partial charge < -0.3 is 5.11 Å². The molecule has 1 rings (SSSR count). The van der Waals surface area contributed by atoms with E-state index in [0.29, 0.717) is 18.5 Å². The molecule has 0 aromatic rings. The normalized spacial score (nSPS) is 31.3. The van der Waals surface area contributed by atoms with Gasteiger partial charge in [-0.2, -0.15) is 0 Å². The van der Waals surface area contributed by atoms with E-state index in [-0.39, 0.29) is 5.92 Å². The molecule has 0 aliphatic carbocycles. The average Bonchev–Trinajstić information content (AvgIpc) is 2.30. The molecule has 2 atom stereocenters. The first-order chi connectivity index (χ1) is 5.52. The molecule has 1 aliphatic heterocycles. The Morgan fingerprint density at radius 1 is 1.50 bits per heavy atom. The molecule has 0 radical (unpaired) electrons. The fraction of sp³-hybridized carbons (Fsp3) is 0.889. The Balaban J connectivity index is 2.56. The lowest BCUT2D eigenvalue weighted by atomic mass is 9.99. The number of nitrogens with zero attached hydrogens (tertiary/aromatic N) is 1. The number of hydrogen-bond donors (Lipinski definition) is 1. The molecule has 3 heteroatoms. The van der Waals surface area contributed by atoms with Gasteiger partial charge in [-0.1, -0.05) is 6.92 Å². The first-order valence-corrected chi connectivity index (χ1v) is 4.49. The Bertz CT molecular complexity index is 179. The Labute approximate surface area is 73.4 Å². The van der Waals surface area contributed by atoms with Gasteiger partial charge in [-0.05, 0) is 19.8 Å². The van der Waals surface area contributed by atoms with E-state index in [0.717, 1.165) is 6.54 Å². The number of rotatable bonds is 2. The van der Waals surface area contributed by atoms with Gasteiger partial charge in [0.25, 0.3) is 0 Å². The SMILES string of the molecule is CC(C)N1C[C@@H](C)[C@H](C(=O)O)C1. The topological polar surface area (TPSA) is 40.5 Å². The lowest BCUT2D eigenvalue weighted by molar-refractivity contribution is -0.142. The standard InChI is InChI=1S/C9H17NO2/c1-6(2)10-4-7(3)8(5-10)9(11)12/h6-8H,4-5H2,1-3H3,(H,11,12)/t7-,8-/m1/s1. The second kappa shape index (κ2) is 3.44. The van der Waals surface area contributed by atoms with Crippen LogP contribution in [0.4, 0.5) is 0 Å². The minimum atomic E-state index is -0.648. The van der Waals surface area contributed by atoms with E-state index in [2.05, 4.69) is 18.7 Å². The molecule has 3 nitrogen and oxygen atoms in total. The molecule has 0 aromatic heterocycles. The van der Waals surface area contributed by atoms with Crippen molar-refractivity contribution < 1.29 is 9.90 Å². The highest BCUT2D eigenvalue weighted by atomic mass is 16.4. The van der Waals surface area contributed by atoms with Crippen LogP contribution in [0.5, 0.6) is 0 Å². The number of aliphatic carboxylic acids is 1. The molecule has 1 aliphatic rings. The molecule has 1 N–H and O–H groups in total. The predicted octanol–water partition coefficient (Wildman–Crippen LogP) is 1.05. The summed E-state index contributed by atoms with van der Waals surface area (Å²) in [5.41, 5.74) is 0. The van der Waals surface area contributed by atoms with Crippen molar-refractivity contribution in [3.8, 4) is 0 Å². The fourth-order valence-electron chi connectivity index (χ4n) is 1.75. The molecule has 1 heterocycles. The Kier molecular flexibility index (Phi) is 2.73. The van der Waals surface area contributed by atoms with Crippen LogP contribution in [0, 0.1) is 11.8 Å². The van der Waals surface area contributed by atoms with Crippen LogP contribution in [0.25, 0.3) is 0 Å². The van der Waals surface area contributed by atoms with E-state index in [4.69, 9.17) is 5.11 Å². The van der Waals surface area contributed by atoms with E-state index >= 15 is 0 Å². The van der Waals surface area contributed by atoms with E-state index in [1.165, 1.54) is 0 Å². The van der Waals surface area contributed by atoms with Crippen molar-refractivity contribution in [1.82, 2.24) is 4.90 Å². The van der Waals surface area contributed by atoms with Gasteiger partial charge in [0.05, 0.1) is 5.92 Å². The van der Waals surface area contributed by atoms with Gasteiger partial charge in [0, 0.05) is 19.1 Å². The number of carboxylic acid groups (broad SMARTS) is 1. The van der Waals surface area contributed by atoms with E-state index in [1.54, 1.807) is 0 Å². The van der Waals surface area contributed by atoms with Crippen molar-refractivity contribution in [3.63, 3.8) is 0 Å². The molecule has 1 fully saturated rings. The summed E-state index contributed by atoms with van der Waals surface area (Å²) >= 11 is 0. The van der Waals surface area contributed by atoms with Crippen LogP contribution >= 0.6 is 0 Å². The monoisotopic (exact) mass is 171 g/mol. The van der Waals surface area contributed by atoms with Crippen LogP contribution in [-0.4, -0.2) is 35.1 Å². The van der Waals surface area contributed by atoms with E-state index < -0.39 is 5.97 Å². The van der Waals surface area contributed by atoms with Crippen LogP contribution < -0.4 is 0 Å². The van der Waals surface area contributed by atoms with E-state index in [1.807, 2.05) is 6.92 Å². The highest BCUT2D eigenvalue weighted by Crippen LogP contribution is 2.24. The first kappa shape index (κ1) is 9.52. The Morgan fingerprint density at radius 2 is 2.08 bits per heavy atom. The third-order valence-electron chi connectivity index (χ3n) is 2.69. The summed E-state index contributed by atoms with van der Waals surface area (Å²) in [5, 5.41) is 8.86. The van der Waals surface area contributed by atoms with Gasteiger partial charge in [0.15, 0.2) is 0 Å². The molecule has 1 saturated heterocycles. The number of carbonyl (C=O) groups is 1. The third-order valence-corrected chi connectivity index (χ3v) is 2.69. The van der Waals surface area contributed by atoms with Crippen LogP contribution in [-0.2, 0) is 4.79 Å². The molecule has 0 amide bonds. The summed E-state index contributed by atoms with van der Waals surface area (Å²) in [7, 11) is 0. The van der Waals surface area contributed by atoms with Crippen molar-refractivity contribution in [2.75, 3.05) is 13.1 Å². The smallest absolute Gasteiger partial charge is 0.308 e. The van der Waals surface area contributed by atoms with Gasteiger partial charge in [0.2, 0.25) is 0 Å². The summed E-state index contributed by atoms with van der Waals surface area (Å²) in [6, 6.07) is 0.469. The molecule has 0 spiro atoms. The Morgan fingerprint density at radius 3 is 2.33 bits per heavy atom. The third kappa shape index (κ3) is 1.78. The van der Waals surface area contributed by atoms with Gasteiger partial charge in [-0.15, -0.1) is 0 Å². The quantitative estimate of drug-likeness (QED) is 0.675. The second-order valence-electron chi connectivity index (χ2n) is 3.97. The fourth-order valence-corrected chi connectivity index (χ4v) is 1.75. The molecular formula is C9H17NO2. The average molecular weight is 171 g/mol. The molecule has 70 valence electrons. The molecular weight excluding hydrogens is 154 g/mol. The highest BCUT2D eigenvalue weighted by Gasteiger charge is 2.35. The van der Waals surface area contributed by atoms with Crippen molar-refractivity contribution in [2.45, 2.75) is 26.8 Å². The van der Waals surface area contributed by atoms with Crippen molar-refractivity contribution in [3.05, 3.63) is 0 Å². The van der Waals surface area contributed by atoms with Crippen LogP contribution in [0.1, 0.15) is 20.8 Å². The van der Waals surface area contributed by atoms with Gasteiger partial charge in [0.1, 0.15) is 0 Å². The highest BCUT2D eigenvalue weighted by molar-refractivity contribution is 5.71. The maximum atomic E-state index is 10.8. The zero-order valence-corrected chi connectivity index (χ0v) is 7.95. The summed E-state index contributed by atoms with van der Waals surface area (Å²) < 4.78 is 0. The second-order valence-corrected chi connectivity index (χ2v) is 3.97. The minimum Gasteiger partial charge on any atom is -0.481 e. The maximum absolute atomic E-state index is 10.8. The van der Waals surface area contributed by atoms with Gasteiger partial charge in [-0.25, -0.2) is 0 Å². The predicted molar refractivity (Wildman–Crippen MR) is 47.0 cm³/mol. The molecule has 12 heavy (non-hydrogen) atoms. The lowest BCUT2D eigenvalue weighted by Gasteiger charge is -2.19. The largest absolute Gasteiger partial charge is 0.481 e. The number of likely N-dealkylation sites (tertiary alicyclic amines) is 1. The number of hydrogen-bond acceptors (Lipinski definition) is 2. The number of carboxylic acids is 1. The van der Waals surface area contributed by atoms with Gasteiger partial charge >= 0.3 is 5.97 Å². The van der Waals surface area contributed by atoms with Crippen LogP contribution in [0.2, 0.25) is 0 Å². The summed E-state index contributed by atoms with van der Waals surface area (Å²) in [5.74, 6) is -0.511. The van der Waals surface area contributed by atoms with Crippen molar-refractivity contribution in [2.24, 2.45) is 11.8 Å². The summed E-state index contributed by atoms with van der Waals surface area (Å²) in [6.07, 6.45) is 0. The van der Waals surface area contributed by atoms with Gasteiger partial charge in [-0.3, -0.25) is 9.69 Å². The Hall–Kier alpha value is -0.570. The maximum Gasteiger partial charge on any atom is 0.308 e. The van der Waals surface area contributed by atoms with Crippen molar-refractivity contribution >= 4 is 5.97 Å². The molecule has 0 bridgehead atoms. The molecule has 0 unspecified atom stereocenters. The zero-order valence-electron chi connectivity index (χ0n) is 7.95. The lowest BCUT2D eigenvalue weighted by Crippen LogP contribution is -2.29. The van der Waals surface area contributed by atoms with Crippen molar-refractivity contribution in [1.29, 1.82) is 0 Å². The summed E-state index contributed by atoms with van der Waals surface area (Å²) in [6.45, 7) is 7.87. The summed E-state index contributed by atoms with van der Waals surface area (Å²) in [4.78, 5) is 13.0. The minimum absolute atomic E-state index is 0.160.